The molecule has 0 N–H and O–H groups in total. The number of benzene rings is 1. The van der Waals surface area contributed by atoms with Crippen LogP contribution in [-0.4, -0.2) is 24.2 Å². The van der Waals surface area contributed by atoms with Gasteiger partial charge in [-0.1, -0.05) is 0 Å². The summed E-state index contributed by atoms with van der Waals surface area (Å²) in [5.74, 6) is 0.658. The van der Waals surface area contributed by atoms with E-state index in [9.17, 15) is 4.79 Å². The molecular formula is C15H15NO3S. The van der Waals surface area contributed by atoms with Crippen molar-refractivity contribution in [3.05, 3.63) is 34.3 Å². The largest absolute Gasteiger partial charge is 0.493 e. The molecule has 104 valence electrons. The number of thiazole rings is 1. The van der Waals surface area contributed by atoms with Crippen molar-refractivity contribution in [3.8, 4) is 16.3 Å². The molecule has 0 fully saturated rings. The van der Waals surface area contributed by atoms with E-state index in [4.69, 9.17) is 9.47 Å². The van der Waals surface area contributed by atoms with Crippen molar-refractivity contribution < 1.29 is 14.3 Å². The lowest BCUT2D eigenvalue weighted by Crippen LogP contribution is -2.03. The van der Waals surface area contributed by atoms with Crippen LogP contribution in [0.1, 0.15) is 27.9 Å². The van der Waals surface area contributed by atoms with Crippen LogP contribution in [0, 0.1) is 6.92 Å². The Morgan fingerprint density at radius 1 is 1.50 bits per heavy atom. The first-order valence-electron chi connectivity index (χ1n) is 6.59. The Bertz CT molecular complexity index is 663. The summed E-state index contributed by atoms with van der Waals surface area (Å²) in [5, 5.41) is 0.847. The number of aromatic nitrogens is 1. The predicted molar refractivity (Wildman–Crippen MR) is 77.4 cm³/mol. The monoisotopic (exact) mass is 289 g/mol. The van der Waals surface area contributed by atoms with Crippen LogP contribution >= 0.6 is 11.3 Å². The second-order valence-electron chi connectivity index (χ2n) is 4.57. The average molecular weight is 289 g/mol. The third-order valence-electron chi connectivity index (χ3n) is 3.19. The predicted octanol–water partition coefficient (Wildman–Crippen LogP) is 3.23. The highest BCUT2D eigenvalue weighted by molar-refractivity contribution is 7.17. The highest BCUT2D eigenvalue weighted by Crippen LogP contribution is 2.33. The summed E-state index contributed by atoms with van der Waals surface area (Å²) in [6.07, 6.45) is 0.929. The van der Waals surface area contributed by atoms with Gasteiger partial charge in [0.05, 0.1) is 18.9 Å². The van der Waals surface area contributed by atoms with Gasteiger partial charge in [-0.25, -0.2) is 9.78 Å². The molecular weight excluding hydrogens is 274 g/mol. The number of carbonyl (C=O) groups is 1. The van der Waals surface area contributed by atoms with Crippen LogP contribution in [0.2, 0.25) is 0 Å². The molecule has 0 saturated carbocycles. The summed E-state index contributed by atoms with van der Waals surface area (Å²) in [5.41, 5.74) is 2.95. The van der Waals surface area contributed by atoms with Crippen molar-refractivity contribution in [1.82, 2.24) is 4.98 Å². The number of nitrogens with zero attached hydrogens (tertiary/aromatic N) is 1. The maximum absolute atomic E-state index is 11.8. The molecule has 3 rings (SSSR count). The number of rotatable bonds is 3. The lowest BCUT2D eigenvalue weighted by molar-refractivity contribution is 0.0531. The molecule has 2 aromatic rings. The van der Waals surface area contributed by atoms with Crippen LogP contribution in [-0.2, 0) is 11.2 Å². The summed E-state index contributed by atoms with van der Waals surface area (Å²) in [4.78, 5) is 16.9. The van der Waals surface area contributed by atoms with Crippen LogP contribution in [0.15, 0.2) is 18.2 Å². The van der Waals surface area contributed by atoms with Crippen molar-refractivity contribution in [3.63, 3.8) is 0 Å². The van der Waals surface area contributed by atoms with Gasteiger partial charge in [0.1, 0.15) is 15.6 Å². The van der Waals surface area contributed by atoms with Crippen LogP contribution < -0.4 is 4.74 Å². The first-order valence-corrected chi connectivity index (χ1v) is 7.41. The number of aryl methyl sites for hydroxylation is 1. The minimum atomic E-state index is -0.293. The summed E-state index contributed by atoms with van der Waals surface area (Å²) in [6, 6.07) is 6.05. The molecule has 0 unspecified atom stereocenters. The normalized spacial score (nSPS) is 12.9. The van der Waals surface area contributed by atoms with Gasteiger partial charge >= 0.3 is 5.97 Å². The Hall–Kier alpha value is -1.88. The fourth-order valence-corrected chi connectivity index (χ4v) is 3.18. The SMILES string of the molecule is CCOC(=O)c1sc(-c2ccc3c(c2)CCO3)nc1C. The second-order valence-corrected chi connectivity index (χ2v) is 5.57. The molecule has 0 spiro atoms. The van der Waals surface area contributed by atoms with Crippen LogP contribution in [0.5, 0.6) is 5.75 Å². The summed E-state index contributed by atoms with van der Waals surface area (Å²) < 4.78 is 10.5. The molecule has 0 bridgehead atoms. The number of carbonyl (C=O) groups excluding carboxylic acids is 1. The number of hydrogen-bond donors (Lipinski definition) is 0. The fourth-order valence-electron chi connectivity index (χ4n) is 2.23. The lowest BCUT2D eigenvalue weighted by atomic mass is 10.1. The van der Waals surface area contributed by atoms with Gasteiger partial charge < -0.3 is 9.47 Å². The zero-order valence-corrected chi connectivity index (χ0v) is 12.3. The Labute approximate surface area is 121 Å². The van der Waals surface area contributed by atoms with E-state index in [1.54, 1.807) is 6.92 Å². The summed E-state index contributed by atoms with van der Waals surface area (Å²) >= 11 is 1.38. The molecule has 4 nitrogen and oxygen atoms in total. The van der Waals surface area contributed by atoms with Crippen molar-refractivity contribution in [1.29, 1.82) is 0 Å². The maximum Gasteiger partial charge on any atom is 0.350 e. The average Bonchev–Trinajstić information content (AvgIpc) is 3.04. The number of fused-ring (bicyclic) bond motifs is 1. The van der Waals surface area contributed by atoms with Gasteiger partial charge in [-0.05, 0) is 37.6 Å². The standard InChI is InChI=1S/C15H15NO3S/c1-3-18-15(17)13-9(2)16-14(20-13)11-4-5-12-10(8-11)6-7-19-12/h4-5,8H,3,6-7H2,1-2H3. The highest BCUT2D eigenvalue weighted by Gasteiger charge is 2.19. The zero-order valence-electron chi connectivity index (χ0n) is 11.4. The Balaban J connectivity index is 1.95. The van der Waals surface area contributed by atoms with Crippen LogP contribution in [0.3, 0.4) is 0 Å². The van der Waals surface area contributed by atoms with E-state index in [2.05, 4.69) is 11.1 Å². The molecule has 1 aromatic heterocycles. The van der Waals surface area contributed by atoms with E-state index in [1.165, 1.54) is 16.9 Å². The van der Waals surface area contributed by atoms with E-state index in [0.29, 0.717) is 11.5 Å². The topological polar surface area (TPSA) is 48.4 Å². The van der Waals surface area contributed by atoms with Gasteiger partial charge in [-0.2, -0.15) is 0 Å². The van der Waals surface area contributed by atoms with Crippen LogP contribution in [0.25, 0.3) is 10.6 Å². The van der Waals surface area contributed by atoms with Gasteiger partial charge in [0.25, 0.3) is 0 Å². The highest BCUT2D eigenvalue weighted by atomic mass is 32.1. The number of ether oxygens (including phenoxy) is 2. The van der Waals surface area contributed by atoms with Crippen molar-refractivity contribution in [2.45, 2.75) is 20.3 Å². The van der Waals surface area contributed by atoms with Gasteiger partial charge in [0.15, 0.2) is 0 Å². The fraction of sp³-hybridized carbons (Fsp3) is 0.333. The minimum Gasteiger partial charge on any atom is -0.493 e. The molecule has 0 amide bonds. The van der Waals surface area contributed by atoms with Gasteiger partial charge in [0.2, 0.25) is 0 Å². The first-order chi connectivity index (χ1) is 9.69. The molecule has 0 saturated heterocycles. The van der Waals surface area contributed by atoms with Gasteiger partial charge in [0, 0.05) is 12.0 Å². The molecule has 1 aliphatic rings. The van der Waals surface area contributed by atoms with Gasteiger partial charge in [-0.15, -0.1) is 11.3 Å². The number of hydrogen-bond acceptors (Lipinski definition) is 5. The Morgan fingerprint density at radius 2 is 2.35 bits per heavy atom. The summed E-state index contributed by atoms with van der Waals surface area (Å²) in [6.45, 7) is 4.75. The van der Waals surface area contributed by atoms with E-state index in [1.807, 2.05) is 19.1 Å². The van der Waals surface area contributed by atoms with E-state index in [-0.39, 0.29) is 5.97 Å². The molecule has 2 heterocycles. The van der Waals surface area contributed by atoms with Crippen molar-refractivity contribution in [2.24, 2.45) is 0 Å². The summed E-state index contributed by atoms with van der Waals surface area (Å²) in [7, 11) is 0. The third kappa shape index (κ3) is 2.29. The first kappa shape index (κ1) is 13.1. The van der Waals surface area contributed by atoms with E-state index < -0.39 is 0 Å². The van der Waals surface area contributed by atoms with E-state index >= 15 is 0 Å². The smallest absolute Gasteiger partial charge is 0.350 e. The van der Waals surface area contributed by atoms with Crippen molar-refractivity contribution in [2.75, 3.05) is 13.2 Å². The molecule has 20 heavy (non-hydrogen) atoms. The molecule has 1 aliphatic heterocycles. The Kier molecular flexibility index (Phi) is 3.44. The molecule has 0 atom stereocenters. The van der Waals surface area contributed by atoms with Crippen molar-refractivity contribution >= 4 is 17.3 Å². The minimum absolute atomic E-state index is 0.293. The quantitative estimate of drug-likeness (QED) is 0.814. The maximum atomic E-state index is 11.8. The van der Waals surface area contributed by atoms with Crippen LogP contribution in [0.4, 0.5) is 0 Å². The van der Waals surface area contributed by atoms with E-state index in [0.717, 1.165) is 35.0 Å². The molecule has 0 radical (unpaired) electrons. The zero-order chi connectivity index (χ0) is 14.1. The second kappa shape index (κ2) is 5.25. The Morgan fingerprint density at radius 3 is 3.15 bits per heavy atom. The van der Waals surface area contributed by atoms with Gasteiger partial charge in [-0.3, -0.25) is 0 Å². The molecule has 0 aliphatic carbocycles. The molecule has 5 heteroatoms. The third-order valence-corrected chi connectivity index (χ3v) is 4.38. The molecule has 1 aromatic carbocycles. The lowest BCUT2D eigenvalue weighted by Gasteiger charge is -2.00. The number of esters is 1.